The van der Waals surface area contributed by atoms with E-state index >= 15 is 0 Å². The van der Waals surface area contributed by atoms with E-state index in [9.17, 15) is 9.90 Å². The number of benzene rings is 1. The molecule has 0 saturated carbocycles. The summed E-state index contributed by atoms with van der Waals surface area (Å²) in [5, 5.41) is 22.0. The average molecular weight is 295 g/mol. The lowest BCUT2D eigenvalue weighted by Crippen LogP contribution is -2.24. The van der Waals surface area contributed by atoms with E-state index in [-0.39, 0.29) is 5.75 Å². The zero-order valence-electron chi connectivity index (χ0n) is 10.8. The van der Waals surface area contributed by atoms with Gasteiger partial charge in [0, 0.05) is 11.8 Å². The molecule has 1 heterocycles. The molecule has 2 rings (SSSR count). The number of carbonyl (C=O) groups is 1. The highest BCUT2D eigenvalue weighted by Crippen LogP contribution is 2.29. The van der Waals surface area contributed by atoms with Crippen LogP contribution in [0.1, 0.15) is 0 Å². The highest BCUT2D eigenvalue weighted by atomic mass is 32.2. The molecule has 2 aromatic rings. The second-order valence-electron chi connectivity index (χ2n) is 3.57. The predicted octanol–water partition coefficient (Wildman–Crippen LogP) is -0.479. The van der Waals surface area contributed by atoms with Crippen molar-refractivity contribution in [3.05, 3.63) is 18.2 Å². The van der Waals surface area contributed by atoms with Crippen molar-refractivity contribution in [2.45, 2.75) is 5.16 Å². The minimum Gasteiger partial charge on any atom is -0.549 e. The lowest BCUT2D eigenvalue weighted by molar-refractivity contribution is -0.301. The molecule has 8 nitrogen and oxygen atoms in total. The van der Waals surface area contributed by atoms with Crippen LogP contribution in [0.15, 0.2) is 23.4 Å². The second kappa shape index (κ2) is 6.24. The Balaban J connectivity index is 2.40. The molecule has 0 aliphatic carbocycles. The van der Waals surface area contributed by atoms with E-state index in [1.165, 1.54) is 18.9 Å². The molecule has 0 bridgehead atoms. The molecule has 1 aromatic carbocycles. The highest BCUT2D eigenvalue weighted by molar-refractivity contribution is 7.99. The Hall–Kier alpha value is -2.29. The molecule has 106 valence electrons. The molecule has 0 radical (unpaired) electrons. The van der Waals surface area contributed by atoms with Gasteiger partial charge >= 0.3 is 0 Å². The number of rotatable bonds is 6. The summed E-state index contributed by atoms with van der Waals surface area (Å²) in [6, 6.07) is 5.14. The summed E-state index contributed by atoms with van der Waals surface area (Å²) < 4.78 is 11.8. The van der Waals surface area contributed by atoms with Crippen molar-refractivity contribution in [3.8, 4) is 17.2 Å². The first-order valence-electron chi connectivity index (χ1n) is 5.49. The van der Waals surface area contributed by atoms with Gasteiger partial charge < -0.3 is 19.4 Å². The van der Waals surface area contributed by atoms with Gasteiger partial charge in [-0.3, -0.25) is 0 Å². The largest absolute Gasteiger partial charge is 0.549 e. The zero-order valence-corrected chi connectivity index (χ0v) is 11.6. The maximum atomic E-state index is 10.5. The number of nitrogens with zero attached hydrogens (tertiary/aromatic N) is 4. The van der Waals surface area contributed by atoms with E-state index in [2.05, 4.69) is 15.5 Å². The van der Waals surface area contributed by atoms with E-state index in [0.29, 0.717) is 22.3 Å². The van der Waals surface area contributed by atoms with Gasteiger partial charge in [-0.15, -0.1) is 5.10 Å². The maximum absolute atomic E-state index is 10.5. The monoisotopic (exact) mass is 295 g/mol. The van der Waals surface area contributed by atoms with Crippen LogP contribution in [0.25, 0.3) is 5.69 Å². The smallest absolute Gasteiger partial charge is 0.214 e. The summed E-state index contributed by atoms with van der Waals surface area (Å²) in [5.41, 5.74) is 0.553. The molecule has 20 heavy (non-hydrogen) atoms. The van der Waals surface area contributed by atoms with Crippen LogP contribution in [0.2, 0.25) is 0 Å². The third-order valence-electron chi connectivity index (χ3n) is 2.37. The molecule has 0 unspecified atom stereocenters. The second-order valence-corrected chi connectivity index (χ2v) is 4.51. The van der Waals surface area contributed by atoms with Crippen LogP contribution in [0.5, 0.6) is 11.5 Å². The number of hydrogen-bond acceptors (Lipinski definition) is 8. The third kappa shape index (κ3) is 2.99. The lowest BCUT2D eigenvalue weighted by atomic mass is 10.3. The van der Waals surface area contributed by atoms with Gasteiger partial charge in [0.25, 0.3) is 0 Å². The first-order valence-corrected chi connectivity index (χ1v) is 6.47. The number of carboxylic acids is 1. The fourth-order valence-corrected chi connectivity index (χ4v) is 2.10. The Labute approximate surface area is 118 Å². The molecule has 0 fully saturated rings. The molecular weight excluding hydrogens is 284 g/mol. The van der Waals surface area contributed by atoms with Gasteiger partial charge in [0.1, 0.15) is 17.2 Å². The minimum absolute atomic E-state index is 0.243. The van der Waals surface area contributed by atoms with Crippen LogP contribution in [-0.4, -0.2) is 46.1 Å². The van der Waals surface area contributed by atoms with Gasteiger partial charge in [-0.2, -0.15) is 4.68 Å². The lowest BCUT2D eigenvalue weighted by Gasteiger charge is -2.11. The molecule has 9 heteroatoms. The summed E-state index contributed by atoms with van der Waals surface area (Å²) >= 11 is 0.958. The minimum atomic E-state index is -1.19. The molecule has 0 saturated heterocycles. The van der Waals surface area contributed by atoms with Gasteiger partial charge in [-0.05, 0) is 22.6 Å². The Kier molecular flexibility index (Phi) is 4.41. The van der Waals surface area contributed by atoms with Crippen LogP contribution in [0.4, 0.5) is 0 Å². The number of tetrazole rings is 1. The Bertz CT molecular complexity index is 616. The topological polar surface area (TPSA) is 102 Å². The van der Waals surface area contributed by atoms with Crippen LogP contribution < -0.4 is 14.6 Å². The number of ether oxygens (including phenoxy) is 2. The quantitative estimate of drug-likeness (QED) is 0.658. The van der Waals surface area contributed by atoms with Crippen molar-refractivity contribution in [1.29, 1.82) is 0 Å². The number of carbonyl (C=O) groups excluding carboxylic acids is 1. The molecule has 0 aliphatic heterocycles. The molecular formula is C11H11N4O4S-. The maximum Gasteiger partial charge on any atom is 0.214 e. The van der Waals surface area contributed by atoms with Crippen molar-refractivity contribution in [3.63, 3.8) is 0 Å². The van der Waals surface area contributed by atoms with Gasteiger partial charge in [0.2, 0.25) is 5.16 Å². The van der Waals surface area contributed by atoms with E-state index in [1.54, 1.807) is 18.2 Å². The van der Waals surface area contributed by atoms with E-state index in [1.807, 2.05) is 0 Å². The van der Waals surface area contributed by atoms with E-state index in [4.69, 9.17) is 9.47 Å². The SMILES string of the molecule is COc1ccc(OC)c(-n2nnnc2SCC(=O)[O-])c1. The van der Waals surface area contributed by atoms with Crippen LogP contribution >= 0.6 is 11.8 Å². The molecule has 1 aromatic heterocycles. The average Bonchev–Trinajstić information content (AvgIpc) is 2.92. The van der Waals surface area contributed by atoms with Gasteiger partial charge in [0.15, 0.2) is 0 Å². The summed E-state index contributed by atoms with van der Waals surface area (Å²) in [5.74, 6) is -0.296. The Morgan fingerprint density at radius 1 is 1.40 bits per heavy atom. The zero-order chi connectivity index (χ0) is 14.5. The summed E-state index contributed by atoms with van der Waals surface area (Å²) in [6.45, 7) is 0. The number of aliphatic carboxylic acids is 1. The van der Waals surface area contributed by atoms with Crippen molar-refractivity contribution < 1.29 is 19.4 Å². The molecule has 0 spiro atoms. The van der Waals surface area contributed by atoms with Gasteiger partial charge in [-0.1, -0.05) is 11.8 Å². The summed E-state index contributed by atoms with van der Waals surface area (Å²) in [7, 11) is 3.06. The molecule has 0 aliphatic rings. The molecule has 0 amide bonds. The van der Waals surface area contributed by atoms with E-state index < -0.39 is 5.97 Å². The van der Waals surface area contributed by atoms with Gasteiger partial charge in [0.05, 0.1) is 20.2 Å². The third-order valence-corrected chi connectivity index (χ3v) is 3.27. The first-order chi connectivity index (χ1) is 9.65. The highest BCUT2D eigenvalue weighted by Gasteiger charge is 2.14. The first kappa shape index (κ1) is 14.1. The van der Waals surface area contributed by atoms with Crippen molar-refractivity contribution in [2.75, 3.05) is 20.0 Å². The van der Waals surface area contributed by atoms with Crippen LogP contribution in [-0.2, 0) is 4.79 Å². The number of carboxylic acid groups (broad SMARTS) is 1. The summed E-state index contributed by atoms with van der Waals surface area (Å²) in [6.07, 6.45) is 0. The predicted molar refractivity (Wildman–Crippen MR) is 68.0 cm³/mol. The van der Waals surface area contributed by atoms with Gasteiger partial charge in [-0.25, -0.2) is 0 Å². The Morgan fingerprint density at radius 2 is 2.20 bits per heavy atom. The fraction of sp³-hybridized carbons (Fsp3) is 0.273. The molecule has 0 N–H and O–H groups in total. The number of methoxy groups -OCH3 is 2. The Morgan fingerprint density at radius 3 is 2.85 bits per heavy atom. The normalized spacial score (nSPS) is 10.3. The fourth-order valence-electron chi connectivity index (χ4n) is 1.51. The van der Waals surface area contributed by atoms with Crippen molar-refractivity contribution in [2.24, 2.45) is 0 Å². The van der Waals surface area contributed by atoms with Crippen LogP contribution in [0.3, 0.4) is 0 Å². The standard InChI is InChI=1S/C11H12N4O4S/c1-18-7-3-4-9(19-2)8(5-7)15-11(12-13-14-15)20-6-10(16)17/h3-5H,6H2,1-2H3,(H,16,17)/p-1. The summed E-state index contributed by atoms with van der Waals surface area (Å²) in [4.78, 5) is 10.5. The number of aromatic nitrogens is 4. The van der Waals surface area contributed by atoms with Crippen molar-refractivity contribution in [1.82, 2.24) is 20.2 Å². The van der Waals surface area contributed by atoms with Crippen molar-refractivity contribution >= 4 is 17.7 Å². The molecule has 0 atom stereocenters. The number of hydrogen-bond donors (Lipinski definition) is 0. The van der Waals surface area contributed by atoms with Crippen LogP contribution in [0, 0.1) is 0 Å². The van der Waals surface area contributed by atoms with E-state index in [0.717, 1.165) is 11.8 Å². The number of thioether (sulfide) groups is 1.